The summed E-state index contributed by atoms with van der Waals surface area (Å²) in [6.45, 7) is 8.23. The normalized spacial score (nSPS) is 18.5. The lowest BCUT2D eigenvalue weighted by atomic mass is 10.1. The number of rotatable bonds is 3. The third kappa shape index (κ3) is 3.52. The number of hydrogen-bond acceptors (Lipinski definition) is 6. The van der Waals surface area contributed by atoms with Gasteiger partial charge in [-0.1, -0.05) is 6.07 Å². The van der Waals surface area contributed by atoms with Crippen LogP contribution < -0.4 is 14.7 Å². The van der Waals surface area contributed by atoms with Gasteiger partial charge in [-0.3, -0.25) is 0 Å². The molecule has 2 fully saturated rings. The fraction of sp³-hybridized carbons (Fsp3) is 0.526. The number of hydrogen-bond donors (Lipinski definition) is 0. The average Bonchev–Trinajstić information content (AvgIpc) is 2.69. The molecule has 2 saturated heterocycles. The molecule has 2 aromatic rings. The van der Waals surface area contributed by atoms with Crippen LogP contribution in [-0.2, 0) is 0 Å². The van der Waals surface area contributed by atoms with Crippen molar-refractivity contribution in [2.24, 2.45) is 0 Å². The van der Waals surface area contributed by atoms with Gasteiger partial charge in [0.2, 0.25) is 0 Å². The van der Waals surface area contributed by atoms with E-state index in [2.05, 4.69) is 48.7 Å². The summed E-state index contributed by atoms with van der Waals surface area (Å²) in [5.41, 5.74) is 1.24. The van der Waals surface area contributed by atoms with Crippen LogP contribution in [0.15, 0.2) is 30.7 Å². The van der Waals surface area contributed by atoms with Crippen molar-refractivity contribution in [1.82, 2.24) is 15.0 Å². The molecule has 132 valence electrons. The molecule has 2 aliphatic rings. The van der Waals surface area contributed by atoms with Crippen molar-refractivity contribution in [2.45, 2.75) is 26.2 Å². The summed E-state index contributed by atoms with van der Waals surface area (Å²) >= 11 is 0. The molecular weight excluding hydrogens is 312 g/mol. The summed E-state index contributed by atoms with van der Waals surface area (Å²) in [7, 11) is 0. The number of aryl methyl sites for hydroxylation is 1. The van der Waals surface area contributed by atoms with Crippen LogP contribution in [0.5, 0.6) is 0 Å². The summed E-state index contributed by atoms with van der Waals surface area (Å²) < 4.78 is 0. The molecule has 0 aliphatic carbocycles. The second-order valence-corrected chi connectivity index (χ2v) is 6.90. The Balaban J connectivity index is 1.43. The summed E-state index contributed by atoms with van der Waals surface area (Å²) in [4.78, 5) is 20.7. The Labute approximate surface area is 149 Å². The minimum absolute atomic E-state index is 0.965. The Kier molecular flexibility index (Phi) is 4.68. The van der Waals surface area contributed by atoms with Crippen LogP contribution in [0.3, 0.4) is 0 Å². The maximum atomic E-state index is 4.55. The van der Waals surface area contributed by atoms with Gasteiger partial charge in [-0.05, 0) is 37.8 Å². The summed E-state index contributed by atoms with van der Waals surface area (Å²) in [5, 5.41) is 0. The van der Waals surface area contributed by atoms with E-state index < -0.39 is 0 Å². The summed E-state index contributed by atoms with van der Waals surface area (Å²) in [5.74, 6) is 3.24. The van der Waals surface area contributed by atoms with E-state index in [1.165, 1.54) is 24.8 Å². The molecule has 6 heteroatoms. The molecule has 6 nitrogen and oxygen atoms in total. The molecule has 0 aromatic carbocycles. The van der Waals surface area contributed by atoms with Gasteiger partial charge >= 0.3 is 0 Å². The van der Waals surface area contributed by atoms with Crippen molar-refractivity contribution in [3.8, 4) is 0 Å². The smallest absolute Gasteiger partial charge is 0.134 e. The molecule has 2 aliphatic heterocycles. The molecule has 2 aromatic heterocycles. The topological polar surface area (TPSA) is 48.4 Å². The summed E-state index contributed by atoms with van der Waals surface area (Å²) in [6.07, 6.45) is 7.46. The van der Waals surface area contributed by atoms with Crippen LogP contribution in [-0.4, -0.2) is 54.2 Å². The molecule has 0 spiro atoms. The number of piperidine rings is 1. The second-order valence-electron chi connectivity index (χ2n) is 6.90. The number of pyridine rings is 1. The third-order valence-corrected chi connectivity index (χ3v) is 5.20. The van der Waals surface area contributed by atoms with E-state index >= 15 is 0 Å². The third-order valence-electron chi connectivity index (χ3n) is 5.20. The highest BCUT2D eigenvalue weighted by Crippen LogP contribution is 2.23. The fourth-order valence-electron chi connectivity index (χ4n) is 3.76. The van der Waals surface area contributed by atoms with Crippen LogP contribution in [0.4, 0.5) is 17.5 Å². The Morgan fingerprint density at radius 1 is 0.760 bits per heavy atom. The quantitative estimate of drug-likeness (QED) is 0.857. The van der Waals surface area contributed by atoms with Gasteiger partial charge in [-0.25, -0.2) is 15.0 Å². The van der Waals surface area contributed by atoms with Crippen molar-refractivity contribution in [3.05, 3.63) is 36.3 Å². The highest BCUT2D eigenvalue weighted by atomic mass is 15.3. The van der Waals surface area contributed by atoms with Gasteiger partial charge in [0.05, 0.1) is 0 Å². The van der Waals surface area contributed by atoms with E-state index in [-0.39, 0.29) is 0 Å². The predicted molar refractivity (Wildman–Crippen MR) is 101 cm³/mol. The van der Waals surface area contributed by atoms with E-state index in [0.717, 1.165) is 56.7 Å². The lowest BCUT2D eigenvalue weighted by molar-refractivity contribution is 0.572. The molecular formula is C19H26N6. The molecule has 4 heterocycles. The minimum atomic E-state index is 0.965. The van der Waals surface area contributed by atoms with Gasteiger partial charge in [0.25, 0.3) is 0 Å². The molecule has 0 atom stereocenters. The number of piperazine rings is 1. The van der Waals surface area contributed by atoms with Gasteiger partial charge in [0.15, 0.2) is 0 Å². The number of aromatic nitrogens is 3. The van der Waals surface area contributed by atoms with Crippen molar-refractivity contribution in [1.29, 1.82) is 0 Å². The average molecular weight is 338 g/mol. The van der Waals surface area contributed by atoms with Gasteiger partial charge in [0.1, 0.15) is 23.8 Å². The molecule has 0 radical (unpaired) electrons. The van der Waals surface area contributed by atoms with E-state index in [4.69, 9.17) is 0 Å². The first-order valence-corrected chi connectivity index (χ1v) is 9.30. The van der Waals surface area contributed by atoms with Crippen molar-refractivity contribution >= 4 is 17.5 Å². The minimum Gasteiger partial charge on any atom is -0.356 e. The Morgan fingerprint density at radius 2 is 1.40 bits per heavy atom. The number of anilines is 3. The van der Waals surface area contributed by atoms with Crippen LogP contribution >= 0.6 is 0 Å². The van der Waals surface area contributed by atoms with Crippen LogP contribution in [0.1, 0.15) is 24.8 Å². The van der Waals surface area contributed by atoms with Crippen LogP contribution in [0.2, 0.25) is 0 Å². The van der Waals surface area contributed by atoms with Gasteiger partial charge in [0, 0.05) is 51.5 Å². The van der Waals surface area contributed by atoms with Crippen LogP contribution in [0, 0.1) is 6.92 Å². The van der Waals surface area contributed by atoms with Gasteiger partial charge in [-0.15, -0.1) is 0 Å². The first kappa shape index (κ1) is 16.1. The first-order valence-electron chi connectivity index (χ1n) is 9.30. The van der Waals surface area contributed by atoms with E-state index in [1.807, 2.05) is 12.3 Å². The van der Waals surface area contributed by atoms with Crippen molar-refractivity contribution < 1.29 is 0 Å². The molecule has 0 unspecified atom stereocenters. The molecule has 25 heavy (non-hydrogen) atoms. The Morgan fingerprint density at radius 3 is 2.08 bits per heavy atom. The molecule has 0 amide bonds. The SMILES string of the molecule is Cc1cccnc1N1CCN(c2cc(N3CCCCC3)ncn2)CC1. The van der Waals surface area contributed by atoms with E-state index in [0.29, 0.717) is 0 Å². The van der Waals surface area contributed by atoms with Crippen molar-refractivity contribution in [3.63, 3.8) is 0 Å². The first-order chi connectivity index (χ1) is 12.3. The second kappa shape index (κ2) is 7.25. The molecule has 0 N–H and O–H groups in total. The lowest BCUT2D eigenvalue weighted by Crippen LogP contribution is -2.47. The monoisotopic (exact) mass is 338 g/mol. The zero-order valence-electron chi connectivity index (χ0n) is 14.9. The highest BCUT2D eigenvalue weighted by molar-refractivity contribution is 5.53. The molecule has 4 rings (SSSR count). The Hall–Kier alpha value is -2.37. The standard InChI is InChI=1S/C19H26N6/c1-16-6-5-7-20-19(16)25-12-10-24(11-13-25)18-14-17(21-15-22-18)23-8-3-2-4-9-23/h5-7,14-15H,2-4,8-13H2,1H3. The maximum absolute atomic E-state index is 4.55. The van der Waals surface area contributed by atoms with E-state index in [9.17, 15) is 0 Å². The van der Waals surface area contributed by atoms with Crippen molar-refractivity contribution in [2.75, 3.05) is 54.0 Å². The Bertz CT molecular complexity index is 705. The zero-order chi connectivity index (χ0) is 17.1. The summed E-state index contributed by atoms with van der Waals surface area (Å²) in [6, 6.07) is 6.29. The number of nitrogens with zero attached hydrogens (tertiary/aromatic N) is 6. The van der Waals surface area contributed by atoms with Gasteiger partial charge in [-0.2, -0.15) is 0 Å². The lowest BCUT2D eigenvalue weighted by Gasteiger charge is -2.37. The zero-order valence-corrected chi connectivity index (χ0v) is 14.9. The van der Waals surface area contributed by atoms with Gasteiger partial charge < -0.3 is 14.7 Å². The maximum Gasteiger partial charge on any atom is 0.134 e. The molecule has 0 bridgehead atoms. The van der Waals surface area contributed by atoms with E-state index in [1.54, 1.807) is 6.33 Å². The fourth-order valence-corrected chi connectivity index (χ4v) is 3.76. The largest absolute Gasteiger partial charge is 0.356 e. The predicted octanol–water partition coefficient (Wildman–Crippen LogP) is 2.50. The highest BCUT2D eigenvalue weighted by Gasteiger charge is 2.21. The van der Waals surface area contributed by atoms with Crippen LogP contribution in [0.25, 0.3) is 0 Å². The molecule has 0 saturated carbocycles.